The monoisotopic (exact) mass is 264 g/mol. The van der Waals surface area contributed by atoms with Gasteiger partial charge in [-0.15, -0.1) is 0 Å². The molecule has 2 aromatic heterocycles. The molecule has 0 unspecified atom stereocenters. The van der Waals surface area contributed by atoms with Crippen LogP contribution < -0.4 is 16.6 Å². The summed E-state index contributed by atoms with van der Waals surface area (Å²) < 4.78 is 2.32. The summed E-state index contributed by atoms with van der Waals surface area (Å²) in [5.41, 5.74) is -0.239. The van der Waals surface area contributed by atoms with Crippen LogP contribution in [0.4, 0.5) is 0 Å². The summed E-state index contributed by atoms with van der Waals surface area (Å²) >= 11 is 0. The number of fused-ring (bicyclic) bond motifs is 1. The summed E-state index contributed by atoms with van der Waals surface area (Å²) in [6.45, 7) is 3.69. The average molecular weight is 264 g/mol. The van der Waals surface area contributed by atoms with Gasteiger partial charge < -0.3 is 10.3 Å². The Morgan fingerprint density at radius 3 is 2.47 bits per heavy atom. The predicted molar refractivity (Wildman–Crippen MR) is 71.4 cm³/mol. The van der Waals surface area contributed by atoms with E-state index < -0.39 is 11.2 Å². The molecule has 0 aliphatic carbocycles. The molecule has 7 heteroatoms. The van der Waals surface area contributed by atoms with Crippen LogP contribution >= 0.6 is 0 Å². The lowest BCUT2D eigenvalue weighted by Gasteiger charge is -2.06. The van der Waals surface area contributed by atoms with Crippen molar-refractivity contribution in [2.24, 2.45) is 14.1 Å². The molecule has 0 aromatic carbocycles. The van der Waals surface area contributed by atoms with E-state index in [0.29, 0.717) is 11.0 Å². The number of aryl methyl sites for hydroxylation is 1. The predicted octanol–water partition coefficient (Wildman–Crippen LogP) is -0.296. The van der Waals surface area contributed by atoms with Crippen molar-refractivity contribution in [2.75, 3.05) is 0 Å². The van der Waals surface area contributed by atoms with Gasteiger partial charge in [0.15, 0.2) is 0 Å². The molecule has 0 radical (unpaired) electrons. The number of nitrogens with one attached hydrogen (secondary N) is 2. The van der Waals surface area contributed by atoms with Gasteiger partial charge in [-0.1, -0.05) is 0 Å². The van der Waals surface area contributed by atoms with E-state index in [9.17, 15) is 14.4 Å². The molecule has 0 fully saturated rings. The number of hydrogen-bond acceptors (Lipinski definition) is 3. The van der Waals surface area contributed by atoms with E-state index in [1.54, 1.807) is 7.05 Å². The SMILES string of the molecule is CC(C)NC(=O)c1cc2c(=O)n(C)c(=O)n(C)c2[nH]1. The van der Waals surface area contributed by atoms with Crippen LogP contribution in [-0.4, -0.2) is 26.1 Å². The third-order valence-corrected chi connectivity index (χ3v) is 2.91. The molecule has 1 amide bonds. The van der Waals surface area contributed by atoms with Gasteiger partial charge >= 0.3 is 5.69 Å². The van der Waals surface area contributed by atoms with Crippen LogP contribution in [-0.2, 0) is 14.1 Å². The molecule has 0 aliphatic rings. The molecule has 2 heterocycles. The maximum Gasteiger partial charge on any atom is 0.332 e. The Kier molecular flexibility index (Phi) is 3.05. The van der Waals surface area contributed by atoms with Gasteiger partial charge in [0.1, 0.15) is 11.3 Å². The molecule has 0 aliphatic heterocycles. The normalized spacial score (nSPS) is 11.2. The van der Waals surface area contributed by atoms with E-state index in [0.717, 1.165) is 4.57 Å². The Hall–Kier alpha value is -2.31. The zero-order valence-electron chi connectivity index (χ0n) is 11.3. The fourth-order valence-electron chi connectivity index (χ4n) is 1.92. The molecule has 2 rings (SSSR count). The lowest BCUT2D eigenvalue weighted by Crippen LogP contribution is -2.36. The van der Waals surface area contributed by atoms with E-state index >= 15 is 0 Å². The highest BCUT2D eigenvalue weighted by atomic mass is 16.2. The molecule has 2 aromatic rings. The first-order valence-electron chi connectivity index (χ1n) is 5.92. The maximum absolute atomic E-state index is 12.0. The van der Waals surface area contributed by atoms with Crippen LogP contribution in [0.5, 0.6) is 0 Å². The third kappa shape index (κ3) is 2.07. The van der Waals surface area contributed by atoms with Crippen molar-refractivity contribution in [3.05, 3.63) is 32.6 Å². The second-order valence-electron chi connectivity index (χ2n) is 4.78. The van der Waals surface area contributed by atoms with Crippen LogP contribution in [0, 0.1) is 0 Å². The van der Waals surface area contributed by atoms with Gasteiger partial charge in [0.25, 0.3) is 11.5 Å². The van der Waals surface area contributed by atoms with E-state index in [4.69, 9.17) is 0 Å². The van der Waals surface area contributed by atoms with Crippen molar-refractivity contribution in [1.29, 1.82) is 0 Å². The highest BCUT2D eigenvalue weighted by Crippen LogP contribution is 2.09. The fourth-order valence-corrected chi connectivity index (χ4v) is 1.92. The molecular weight excluding hydrogens is 248 g/mol. The summed E-state index contributed by atoms with van der Waals surface area (Å²) in [6.07, 6.45) is 0. The van der Waals surface area contributed by atoms with Gasteiger partial charge in [0, 0.05) is 20.1 Å². The fraction of sp³-hybridized carbons (Fsp3) is 0.417. The van der Waals surface area contributed by atoms with E-state index in [1.807, 2.05) is 13.8 Å². The van der Waals surface area contributed by atoms with Crippen molar-refractivity contribution < 1.29 is 4.79 Å². The van der Waals surface area contributed by atoms with Gasteiger partial charge in [-0.05, 0) is 19.9 Å². The minimum Gasteiger partial charge on any atom is -0.349 e. The molecular formula is C12H16N4O3. The van der Waals surface area contributed by atoms with E-state index in [2.05, 4.69) is 10.3 Å². The number of nitrogens with zero attached hydrogens (tertiary/aromatic N) is 2. The minimum absolute atomic E-state index is 0.00874. The highest BCUT2D eigenvalue weighted by molar-refractivity contribution is 5.97. The molecule has 0 bridgehead atoms. The number of aromatic nitrogens is 3. The topological polar surface area (TPSA) is 88.9 Å². The summed E-state index contributed by atoms with van der Waals surface area (Å²) in [5, 5.41) is 3.04. The summed E-state index contributed by atoms with van der Waals surface area (Å²) in [7, 11) is 2.95. The molecule has 0 spiro atoms. The van der Waals surface area contributed by atoms with Crippen molar-refractivity contribution >= 4 is 16.9 Å². The van der Waals surface area contributed by atoms with Gasteiger partial charge in [-0.25, -0.2) is 4.79 Å². The number of hydrogen-bond donors (Lipinski definition) is 2. The van der Waals surface area contributed by atoms with Crippen LogP contribution in [0.15, 0.2) is 15.7 Å². The first kappa shape index (κ1) is 13.1. The van der Waals surface area contributed by atoms with Crippen molar-refractivity contribution in [2.45, 2.75) is 19.9 Å². The third-order valence-electron chi connectivity index (χ3n) is 2.91. The van der Waals surface area contributed by atoms with Crippen LogP contribution in [0.25, 0.3) is 11.0 Å². The van der Waals surface area contributed by atoms with E-state index in [1.165, 1.54) is 17.7 Å². The van der Waals surface area contributed by atoms with E-state index in [-0.39, 0.29) is 17.6 Å². The van der Waals surface area contributed by atoms with Gasteiger partial charge in [0.05, 0.1) is 5.39 Å². The Morgan fingerprint density at radius 1 is 1.26 bits per heavy atom. The molecule has 0 saturated carbocycles. The Balaban J connectivity index is 2.68. The molecule has 2 N–H and O–H groups in total. The van der Waals surface area contributed by atoms with Crippen LogP contribution in [0.3, 0.4) is 0 Å². The number of rotatable bonds is 2. The number of carbonyl (C=O) groups is 1. The minimum atomic E-state index is -0.435. The Bertz CT molecular complexity index is 764. The summed E-state index contributed by atoms with van der Waals surface area (Å²) in [4.78, 5) is 38.4. The standard InChI is InChI=1S/C12H16N4O3/c1-6(2)13-10(17)8-5-7-9(14-8)15(3)12(19)16(4)11(7)18/h5-6,14H,1-4H3,(H,13,17). The van der Waals surface area contributed by atoms with Crippen LogP contribution in [0.2, 0.25) is 0 Å². The molecule has 0 saturated heterocycles. The number of amides is 1. The van der Waals surface area contributed by atoms with Gasteiger partial charge in [-0.3, -0.25) is 18.7 Å². The summed E-state index contributed by atoms with van der Waals surface area (Å²) in [6, 6.07) is 1.46. The lowest BCUT2D eigenvalue weighted by atomic mass is 10.3. The maximum atomic E-state index is 12.0. The average Bonchev–Trinajstić information content (AvgIpc) is 2.78. The first-order chi connectivity index (χ1) is 8.82. The number of carbonyl (C=O) groups excluding carboxylic acids is 1. The lowest BCUT2D eigenvalue weighted by molar-refractivity contribution is 0.0939. The van der Waals surface area contributed by atoms with Crippen molar-refractivity contribution in [1.82, 2.24) is 19.4 Å². The molecule has 19 heavy (non-hydrogen) atoms. The molecule has 102 valence electrons. The number of aromatic amines is 1. The smallest absolute Gasteiger partial charge is 0.332 e. The second-order valence-corrected chi connectivity index (χ2v) is 4.78. The Morgan fingerprint density at radius 2 is 1.89 bits per heavy atom. The van der Waals surface area contributed by atoms with Gasteiger partial charge in [-0.2, -0.15) is 0 Å². The van der Waals surface area contributed by atoms with Crippen molar-refractivity contribution in [3.8, 4) is 0 Å². The first-order valence-corrected chi connectivity index (χ1v) is 5.92. The largest absolute Gasteiger partial charge is 0.349 e. The molecule has 0 atom stereocenters. The van der Waals surface area contributed by atoms with Crippen LogP contribution in [0.1, 0.15) is 24.3 Å². The Labute approximate surface area is 108 Å². The quantitative estimate of drug-likeness (QED) is 0.780. The zero-order valence-corrected chi connectivity index (χ0v) is 11.3. The van der Waals surface area contributed by atoms with Crippen molar-refractivity contribution in [3.63, 3.8) is 0 Å². The summed E-state index contributed by atoms with van der Waals surface area (Å²) in [5.74, 6) is -0.305. The number of H-pyrrole nitrogens is 1. The zero-order chi connectivity index (χ0) is 14.3. The molecule has 7 nitrogen and oxygen atoms in total. The highest BCUT2D eigenvalue weighted by Gasteiger charge is 2.15. The van der Waals surface area contributed by atoms with Gasteiger partial charge in [0.2, 0.25) is 0 Å². The second kappa shape index (κ2) is 4.42.